The first-order valence-corrected chi connectivity index (χ1v) is 7.17. The van der Waals surface area contributed by atoms with Crippen molar-refractivity contribution in [3.63, 3.8) is 0 Å². The molecule has 1 atom stereocenters. The first-order valence-electron chi connectivity index (χ1n) is 6.00. The Labute approximate surface area is 129 Å². The number of nitrogens with zero attached hydrogens (tertiary/aromatic N) is 2. The maximum absolute atomic E-state index is 12.2. The summed E-state index contributed by atoms with van der Waals surface area (Å²) < 4.78 is 0.649. The summed E-state index contributed by atoms with van der Waals surface area (Å²) in [6, 6.07) is 1.60. The monoisotopic (exact) mass is 361 g/mol. The van der Waals surface area contributed by atoms with Gasteiger partial charge in [0.05, 0.1) is 17.3 Å². The number of carbonyl (C=O) groups excluding carboxylic acids is 1. The van der Waals surface area contributed by atoms with Crippen LogP contribution in [0.3, 0.4) is 0 Å². The van der Waals surface area contributed by atoms with Crippen LogP contribution in [0.2, 0.25) is 5.15 Å². The van der Waals surface area contributed by atoms with E-state index in [4.69, 9.17) is 16.7 Å². The van der Waals surface area contributed by atoms with E-state index < -0.39 is 6.09 Å². The van der Waals surface area contributed by atoms with Crippen molar-refractivity contribution in [3.8, 4) is 0 Å². The highest BCUT2D eigenvalue weighted by Gasteiger charge is 2.31. The molecule has 1 aliphatic heterocycles. The number of carboxylic acid groups (broad SMARTS) is 1. The zero-order valence-corrected chi connectivity index (χ0v) is 13.0. The molecular formula is C12H13BrClN3O3. The minimum absolute atomic E-state index is 0.207. The SMILES string of the molecule is Cc1nc(Cl)cc(Br)c1NC(=O)C1CCN(C(=O)O)C1. The van der Waals surface area contributed by atoms with Crippen molar-refractivity contribution in [2.45, 2.75) is 13.3 Å². The molecule has 1 unspecified atom stereocenters. The minimum Gasteiger partial charge on any atom is -0.465 e. The third-order valence-electron chi connectivity index (χ3n) is 3.20. The van der Waals surface area contributed by atoms with Gasteiger partial charge in [0.2, 0.25) is 5.91 Å². The van der Waals surface area contributed by atoms with Gasteiger partial charge in [-0.2, -0.15) is 0 Å². The Balaban J connectivity index is 2.08. The van der Waals surface area contributed by atoms with E-state index in [0.717, 1.165) is 0 Å². The Kier molecular flexibility index (Phi) is 4.49. The summed E-state index contributed by atoms with van der Waals surface area (Å²) >= 11 is 9.14. The largest absolute Gasteiger partial charge is 0.465 e. The van der Waals surface area contributed by atoms with Crippen LogP contribution in [0.15, 0.2) is 10.5 Å². The molecule has 8 heteroatoms. The number of hydrogen-bond acceptors (Lipinski definition) is 3. The van der Waals surface area contributed by atoms with Crippen molar-refractivity contribution < 1.29 is 14.7 Å². The molecule has 0 spiro atoms. The van der Waals surface area contributed by atoms with Gasteiger partial charge in [0.25, 0.3) is 0 Å². The number of aryl methyl sites for hydroxylation is 1. The second-order valence-electron chi connectivity index (χ2n) is 4.59. The molecule has 1 aromatic heterocycles. The fourth-order valence-corrected chi connectivity index (χ4v) is 3.09. The third kappa shape index (κ3) is 3.21. The van der Waals surface area contributed by atoms with E-state index in [2.05, 4.69) is 26.2 Å². The van der Waals surface area contributed by atoms with Crippen LogP contribution in [-0.2, 0) is 4.79 Å². The number of aromatic nitrogens is 1. The summed E-state index contributed by atoms with van der Waals surface area (Å²) in [5.41, 5.74) is 1.17. The van der Waals surface area contributed by atoms with Crippen LogP contribution >= 0.6 is 27.5 Å². The first kappa shape index (κ1) is 15.1. The van der Waals surface area contributed by atoms with Gasteiger partial charge in [0.1, 0.15) is 5.15 Å². The van der Waals surface area contributed by atoms with Gasteiger partial charge in [-0.3, -0.25) is 4.79 Å². The molecule has 1 saturated heterocycles. The van der Waals surface area contributed by atoms with Crippen LogP contribution in [0.5, 0.6) is 0 Å². The molecule has 0 saturated carbocycles. The Bertz CT molecular complexity index is 544. The molecule has 108 valence electrons. The molecule has 0 aromatic carbocycles. The number of rotatable bonds is 2. The molecule has 1 aliphatic rings. The summed E-state index contributed by atoms with van der Waals surface area (Å²) in [7, 11) is 0. The summed E-state index contributed by atoms with van der Waals surface area (Å²) in [5, 5.41) is 12.0. The topological polar surface area (TPSA) is 82.5 Å². The van der Waals surface area contributed by atoms with Gasteiger partial charge >= 0.3 is 6.09 Å². The lowest BCUT2D eigenvalue weighted by Crippen LogP contribution is -2.30. The van der Waals surface area contributed by atoms with Gasteiger partial charge in [-0.25, -0.2) is 9.78 Å². The predicted octanol–water partition coefficient (Wildman–Crippen LogP) is 2.74. The Morgan fingerprint density at radius 2 is 2.30 bits per heavy atom. The average Bonchev–Trinajstić information content (AvgIpc) is 2.83. The molecule has 0 aliphatic carbocycles. The molecule has 0 radical (unpaired) electrons. The smallest absolute Gasteiger partial charge is 0.407 e. The average molecular weight is 363 g/mol. The number of likely N-dealkylation sites (tertiary alicyclic amines) is 1. The Morgan fingerprint density at radius 1 is 1.60 bits per heavy atom. The van der Waals surface area contributed by atoms with Crippen molar-refractivity contribution in [3.05, 3.63) is 21.4 Å². The lowest BCUT2D eigenvalue weighted by atomic mass is 10.1. The maximum atomic E-state index is 12.2. The molecule has 6 nitrogen and oxygen atoms in total. The standard InChI is InChI=1S/C12H13BrClN3O3/c1-6-10(8(13)4-9(14)15-6)16-11(18)7-2-3-17(5-7)12(19)20/h4,7H,2-3,5H2,1H3,(H,16,18)(H,19,20). The highest BCUT2D eigenvalue weighted by atomic mass is 79.9. The van der Waals surface area contributed by atoms with Gasteiger partial charge in [-0.1, -0.05) is 11.6 Å². The van der Waals surface area contributed by atoms with E-state index in [1.807, 2.05) is 0 Å². The number of anilines is 1. The van der Waals surface area contributed by atoms with Crippen LogP contribution in [0.1, 0.15) is 12.1 Å². The Morgan fingerprint density at radius 3 is 2.85 bits per heavy atom. The molecule has 2 N–H and O–H groups in total. The van der Waals surface area contributed by atoms with Crippen LogP contribution in [-0.4, -0.2) is 40.1 Å². The highest BCUT2D eigenvalue weighted by molar-refractivity contribution is 9.10. The summed E-state index contributed by atoms with van der Waals surface area (Å²) in [6.45, 7) is 2.34. The normalized spacial score (nSPS) is 18.1. The predicted molar refractivity (Wildman–Crippen MR) is 78.0 cm³/mol. The first-order chi connectivity index (χ1) is 9.38. The molecule has 1 fully saturated rings. The van der Waals surface area contributed by atoms with Crippen LogP contribution in [0, 0.1) is 12.8 Å². The zero-order valence-electron chi connectivity index (χ0n) is 10.7. The van der Waals surface area contributed by atoms with E-state index >= 15 is 0 Å². The van der Waals surface area contributed by atoms with Crippen molar-refractivity contribution in [1.82, 2.24) is 9.88 Å². The van der Waals surface area contributed by atoms with Crippen molar-refractivity contribution in [2.24, 2.45) is 5.92 Å². The van der Waals surface area contributed by atoms with Gasteiger partial charge in [-0.15, -0.1) is 0 Å². The number of carbonyl (C=O) groups is 2. The van der Waals surface area contributed by atoms with Crippen LogP contribution in [0.25, 0.3) is 0 Å². The lowest BCUT2D eigenvalue weighted by molar-refractivity contribution is -0.119. The molecule has 2 heterocycles. The molecule has 1 aromatic rings. The van der Waals surface area contributed by atoms with Gasteiger partial charge < -0.3 is 15.3 Å². The quantitative estimate of drug-likeness (QED) is 0.793. The van der Waals surface area contributed by atoms with Crippen molar-refractivity contribution >= 4 is 45.2 Å². The summed E-state index contributed by atoms with van der Waals surface area (Å²) in [4.78, 5) is 28.3. The van der Waals surface area contributed by atoms with Gasteiger partial charge in [0.15, 0.2) is 0 Å². The fourth-order valence-electron chi connectivity index (χ4n) is 2.12. The van der Waals surface area contributed by atoms with E-state index in [0.29, 0.717) is 34.0 Å². The molecule has 2 amide bonds. The van der Waals surface area contributed by atoms with Crippen LogP contribution < -0.4 is 5.32 Å². The number of amides is 2. The number of nitrogens with one attached hydrogen (secondary N) is 1. The van der Waals surface area contributed by atoms with Crippen LogP contribution in [0.4, 0.5) is 10.5 Å². The lowest BCUT2D eigenvalue weighted by Gasteiger charge is -2.14. The second-order valence-corrected chi connectivity index (χ2v) is 5.83. The number of halogens is 2. The Hall–Kier alpha value is -1.34. The zero-order chi connectivity index (χ0) is 14.9. The highest BCUT2D eigenvalue weighted by Crippen LogP contribution is 2.29. The van der Waals surface area contributed by atoms with E-state index in [-0.39, 0.29) is 18.4 Å². The molecule has 2 rings (SSSR count). The molecular weight excluding hydrogens is 350 g/mol. The van der Waals surface area contributed by atoms with Crippen molar-refractivity contribution in [1.29, 1.82) is 0 Å². The second kappa shape index (κ2) is 5.97. The van der Waals surface area contributed by atoms with Gasteiger partial charge in [0, 0.05) is 17.6 Å². The van der Waals surface area contributed by atoms with Gasteiger partial charge in [-0.05, 0) is 35.3 Å². The summed E-state index contributed by atoms with van der Waals surface area (Å²) in [6.07, 6.45) is -0.471. The molecule has 0 bridgehead atoms. The van der Waals surface area contributed by atoms with E-state index in [1.165, 1.54) is 4.90 Å². The number of pyridine rings is 1. The minimum atomic E-state index is -0.995. The maximum Gasteiger partial charge on any atom is 0.407 e. The van der Waals surface area contributed by atoms with E-state index in [1.54, 1.807) is 13.0 Å². The van der Waals surface area contributed by atoms with Crippen molar-refractivity contribution in [2.75, 3.05) is 18.4 Å². The summed E-state index contributed by atoms with van der Waals surface area (Å²) in [5.74, 6) is -0.547. The number of hydrogen-bond donors (Lipinski definition) is 2. The molecule has 20 heavy (non-hydrogen) atoms. The third-order valence-corrected chi connectivity index (χ3v) is 4.02. The van der Waals surface area contributed by atoms with E-state index in [9.17, 15) is 9.59 Å². The fraction of sp³-hybridized carbons (Fsp3) is 0.417.